The zero-order valence-electron chi connectivity index (χ0n) is 77.3. The maximum Gasteiger partial charge on any atom is 0.319 e. The fourth-order valence-corrected chi connectivity index (χ4v) is 19.5. The van der Waals surface area contributed by atoms with Crippen molar-refractivity contribution < 1.29 is 111 Å². The molecule has 9 rings (SSSR count). The molecule has 32 heteroatoms. The molecule has 27 nitrogen and oxygen atoms in total. The number of ketones is 5. The van der Waals surface area contributed by atoms with E-state index in [1.54, 1.807) is 83.1 Å². The molecular formula is C88H126N2O25S5. The van der Waals surface area contributed by atoms with Gasteiger partial charge in [-0.2, -0.15) is 42.1 Å². The summed E-state index contributed by atoms with van der Waals surface area (Å²) in [6, 6.07) is 0. The molecular weight excluding hydrogens is 1650 g/mol. The zero-order valence-corrected chi connectivity index (χ0v) is 81.4. The molecule has 0 spiro atoms. The van der Waals surface area contributed by atoms with Crippen LogP contribution >= 0.6 is 0 Å². The summed E-state index contributed by atoms with van der Waals surface area (Å²) < 4.78 is 173. The number of carbonyl (C=O) groups is 5. The maximum atomic E-state index is 13.7. The summed E-state index contributed by atoms with van der Waals surface area (Å²) in [6.07, 6.45) is -2.56. The summed E-state index contributed by atoms with van der Waals surface area (Å²) in [6.45, 7) is 68.9. The quantitative estimate of drug-likeness (QED) is 0.0874. The first-order chi connectivity index (χ1) is 53.9. The number of Topliss-reactive ketones (excluding diaryl/α,β-unsaturated/α-hetero) is 5. The number of benzene rings is 4. The van der Waals surface area contributed by atoms with Crippen LogP contribution in [0, 0.1) is 138 Å². The summed E-state index contributed by atoms with van der Waals surface area (Å²) in [5.41, 5.74) is 32.5. The Balaban J connectivity index is 0.000000276. The van der Waals surface area contributed by atoms with Gasteiger partial charge < -0.3 is 56.1 Å². The number of allylic oxidation sites excluding steroid dienone is 3. The van der Waals surface area contributed by atoms with Gasteiger partial charge in [-0.25, -0.2) is 0 Å². The van der Waals surface area contributed by atoms with Crippen LogP contribution in [0.3, 0.4) is 0 Å². The van der Waals surface area contributed by atoms with Crippen molar-refractivity contribution in [3.8, 4) is 0 Å². The van der Waals surface area contributed by atoms with Crippen LogP contribution in [0.1, 0.15) is 271 Å². The zero-order chi connectivity index (χ0) is 93.5. The highest BCUT2D eigenvalue weighted by molar-refractivity contribution is 7.89. The molecule has 0 aromatic heterocycles. The van der Waals surface area contributed by atoms with Gasteiger partial charge in [0.2, 0.25) is 69.5 Å². The maximum absolute atomic E-state index is 13.7. The van der Waals surface area contributed by atoms with Crippen LogP contribution < -0.4 is 11.5 Å². The Kier molecular flexibility index (Phi) is 29.6. The first kappa shape index (κ1) is 102. The normalized spacial score (nSPS) is 18.4. The van der Waals surface area contributed by atoms with E-state index in [4.69, 9.17) is 51.9 Å². The van der Waals surface area contributed by atoms with E-state index in [1.807, 2.05) is 138 Å². The minimum atomic E-state index is -4.34. The average Bonchev–Trinajstić information content (AvgIpc) is 0.886. The van der Waals surface area contributed by atoms with Crippen LogP contribution in [-0.2, 0) is 133 Å². The van der Waals surface area contributed by atoms with Crippen molar-refractivity contribution >= 4 is 79.5 Å². The van der Waals surface area contributed by atoms with Crippen molar-refractivity contribution in [1.82, 2.24) is 0 Å². The third-order valence-corrected chi connectivity index (χ3v) is 32.9. The second-order valence-electron chi connectivity index (χ2n) is 34.8. The SMILES string of the molecule is CC1=C(OS(=O)(=O)C(C)(C)C)C(=O)C(C)(C)O1.CC1=C(OS(=O)(=O)C(C)(C)c2c(C)c(C)c(C)c(C)c2C)C(=O)C(C)(C)O1.CCS(=O)(=O)OC1=C(C)OC(C)C1=O.Cc1c(C)c(C)c(C(C)(C)S(=O)(=O)OC2=C(N)OC(C)C2=O)c(C)c1C.Cc1c(C)c(C)c(C2OC(N)=C(OS(=O)(=O)C(C)(C)c3c(C)c(C)c(C)c(C)c3C)C2=O)c(C)c1C. The smallest absolute Gasteiger partial charge is 0.319 e. The van der Waals surface area contributed by atoms with Crippen LogP contribution in [0.5, 0.6) is 0 Å². The van der Waals surface area contributed by atoms with Crippen LogP contribution in [0.15, 0.2) is 57.8 Å². The lowest BCUT2D eigenvalue weighted by Crippen LogP contribution is -2.35. The van der Waals surface area contributed by atoms with Crippen LogP contribution in [0.2, 0.25) is 0 Å². The molecule has 0 saturated carbocycles. The van der Waals surface area contributed by atoms with Gasteiger partial charge in [0.25, 0.3) is 0 Å². The largest absolute Gasteiger partial charge is 0.483 e. The van der Waals surface area contributed by atoms with Crippen molar-refractivity contribution in [2.24, 2.45) is 11.5 Å². The molecule has 120 heavy (non-hydrogen) atoms. The monoisotopic (exact) mass is 1770 g/mol. The second-order valence-corrected chi connectivity index (χ2v) is 45.2. The molecule has 0 amide bonds. The molecule has 3 atom stereocenters. The standard InChI is InChI=1S/C29H39NO5S.C21H30O5S.C19H27NO5S.C11H18O5S.C8H12O5S/c1-13-15(3)19(7)23(20(8)16(13)4)26-25(31)27(28(30)34-26)35-36(32,33)29(11,12)24-21(9)17(5)14(2)18(6)22(24)10;1-11-12(2)14(4)17(15(5)13(11)3)21(9,10)27(23,24)26-18-16(6)25-20(7,8)19(18)22;1-9-10(2)12(4)15(13(5)11(9)3)19(7,8)26(22,23)25-17-16(21)14(6)24-18(17)20;1-7-8(9(12)11(5,6)15-7)16-17(13,14)10(2,3)4;1-4-14(10,11)13-8-6(3)12-5(2)7(8)9/h26H,30H2,1-12H3;1-10H3;14H,20H2,1-8H3;1-6H3;5H,4H2,1-3H3. The Hall–Kier alpha value is -8.72. The van der Waals surface area contributed by atoms with Gasteiger partial charge in [-0.15, -0.1) is 0 Å². The van der Waals surface area contributed by atoms with Gasteiger partial charge in [0, 0.05) is 5.56 Å². The van der Waals surface area contributed by atoms with Crippen molar-refractivity contribution in [2.75, 3.05) is 5.75 Å². The van der Waals surface area contributed by atoms with E-state index in [2.05, 4.69) is 4.18 Å². The fourth-order valence-electron chi connectivity index (χ4n) is 14.8. The van der Waals surface area contributed by atoms with Crippen molar-refractivity contribution in [3.63, 3.8) is 0 Å². The first-order valence-electron chi connectivity index (χ1n) is 39.1. The topological polar surface area (TPSA) is 400 Å². The van der Waals surface area contributed by atoms with Gasteiger partial charge in [0.1, 0.15) is 31.5 Å². The molecule has 3 unspecified atom stereocenters. The molecule has 4 aromatic rings. The van der Waals surface area contributed by atoms with Gasteiger partial charge in [0.15, 0.2) is 29.5 Å². The molecule has 0 fully saturated rings. The van der Waals surface area contributed by atoms with Gasteiger partial charge >= 0.3 is 50.6 Å². The van der Waals surface area contributed by atoms with Crippen LogP contribution in [-0.4, -0.2) is 105 Å². The number of nitrogens with two attached hydrogens (primary N) is 2. The van der Waals surface area contributed by atoms with Gasteiger partial charge in [-0.3, -0.25) is 24.0 Å². The van der Waals surface area contributed by atoms with Gasteiger partial charge in [-0.05, 0) is 398 Å². The molecule has 0 bridgehead atoms. The second kappa shape index (κ2) is 34.9. The summed E-state index contributed by atoms with van der Waals surface area (Å²) in [7, 11) is -20.2. The lowest BCUT2D eigenvalue weighted by Gasteiger charge is -2.31. The molecule has 0 aliphatic carbocycles. The fraction of sp³-hybridized carbons (Fsp3) is 0.557. The minimum Gasteiger partial charge on any atom is -0.483 e. The van der Waals surface area contributed by atoms with Crippen LogP contribution in [0.25, 0.3) is 0 Å². The van der Waals surface area contributed by atoms with E-state index in [0.29, 0.717) is 22.3 Å². The van der Waals surface area contributed by atoms with E-state index < -0.39 is 140 Å². The predicted octanol–water partition coefficient (Wildman–Crippen LogP) is 15.5. The van der Waals surface area contributed by atoms with Gasteiger partial charge in [-0.1, -0.05) is 0 Å². The third-order valence-electron chi connectivity index (χ3n) is 24.4. The Morgan fingerprint density at radius 1 is 0.317 bits per heavy atom. The minimum absolute atomic E-state index is 0.175. The van der Waals surface area contributed by atoms with E-state index in [0.717, 1.165) is 111 Å². The molecule has 0 radical (unpaired) electrons. The lowest BCUT2D eigenvalue weighted by molar-refractivity contribution is -0.129. The van der Waals surface area contributed by atoms with E-state index in [-0.39, 0.29) is 52.1 Å². The van der Waals surface area contributed by atoms with Crippen molar-refractivity contribution in [1.29, 1.82) is 0 Å². The highest BCUT2D eigenvalue weighted by Crippen LogP contribution is 2.47. The average molecular weight is 1770 g/mol. The molecule has 0 saturated heterocycles. The highest BCUT2D eigenvalue weighted by atomic mass is 32.2. The van der Waals surface area contributed by atoms with E-state index >= 15 is 0 Å². The van der Waals surface area contributed by atoms with E-state index in [1.165, 1.54) is 48.5 Å². The number of carbonyl (C=O) groups excluding carboxylic acids is 5. The van der Waals surface area contributed by atoms with Gasteiger partial charge in [0.05, 0.1) is 10.5 Å². The predicted molar refractivity (Wildman–Crippen MR) is 461 cm³/mol. The Morgan fingerprint density at radius 3 is 0.800 bits per heavy atom. The van der Waals surface area contributed by atoms with Crippen LogP contribution in [0.4, 0.5) is 0 Å². The summed E-state index contributed by atoms with van der Waals surface area (Å²) in [5, 5.41) is 0. The van der Waals surface area contributed by atoms with Crippen molar-refractivity contribution in [3.05, 3.63) is 191 Å². The Bertz CT molecular complexity index is 5640. The lowest BCUT2D eigenvalue weighted by atomic mass is 9.84. The number of rotatable bonds is 18. The number of ether oxygens (including phenoxy) is 5. The molecule has 5 aliphatic heterocycles. The molecule has 4 N–H and O–H groups in total. The first-order valence-corrected chi connectivity index (χ1v) is 46.3. The van der Waals surface area contributed by atoms with Crippen molar-refractivity contribution in [2.45, 2.75) is 319 Å². The Labute approximate surface area is 712 Å². The highest BCUT2D eigenvalue weighted by Gasteiger charge is 2.52. The summed E-state index contributed by atoms with van der Waals surface area (Å²) in [4.78, 5) is 61.3. The Morgan fingerprint density at radius 2 is 0.558 bits per heavy atom. The summed E-state index contributed by atoms with van der Waals surface area (Å²) in [5.74, 6) is -4.25. The molecule has 4 aromatic carbocycles. The van der Waals surface area contributed by atoms with E-state index in [9.17, 15) is 66.1 Å². The summed E-state index contributed by atoms with van der Waals surface area (Å²) >= 11 is 0. The molecule has 5 heterocycles. The molecule has 5 aliphatic rings. The molecule has 668 valence electrons. The number of hydrogen-bond acceptors (Lipinski definition) is 27. The third kappa shape index (κ3) is 19.1. The number of hydrogen-bond donors (Lipinski definition) is 2.